The average molecular weight is 396 g/mol. The molecule has 1 N–H and O–H groups in total. The topological polar surface area (TPSA) is 64.6 Å². The summed E-state index contributed by atoms with van der Waals surface area (Å²) < 4.78 is 10.7. The Bertz CT molecular complexity index is 790. The van der Waals surface area contributed by atoms with Gasteiger partial charge in [0.25, 0.3) is 5.91 Å². The molecule has 0 unspecified atom stereocenters. The van der Waals surface area contributed by atoms with E-state index < -0.39 is 24.1 Å². The number of carbonyl (C=O) groups excluding carboxylic acids is 2. The van der Waals surface area contributed by atoms with Crippen molar-refractivity contribution in [2.24, 2.45) is 0 Å². The van der Waals surface area contributed by atoms with Crippen LogP contribution < -0.4 is 10.1 Å². The fourth-order valence-electron chi connectivity index (χ4n) is 2.11. The van der Waals surface area contributed by atoms with E-state index in [0.717, 1.165) is 5.56 Å². The highest BCUT2D eigenvalue weighted by molar-refractivity contribution is 6.39. The number of carbonyl (C=O) groups is 2. The second-order valence-corrected chi connectivity index (χ2v) is 6.56. The minimum atomic E-state index is -1.04. The molecule has 2 aromatic carbocycles. The van der Waals surface area contributed by atoms with E-state index in [0.29, 0.717) is 15.8 Å². The number of benzene rings is 2. The van der Waals surface area contributed by atoms with Crippen molar-refractivity contribution in [1.82, 2.24) is 0 Å². The molecule has 0 fully saturated rings. The number of hydrogen-bond donors (Lipinski definition) is 1. The molecule has 0 heterocycles. The van der Waals surface area contributed by atoms with Crippen LogP contribution in [0.3, 0.4) is 0 Å². The van der Waals surface area contributed by atoms with Crippen LogP contribution in [0, 0.1) is 6.92 Å². The van der Waals surface area contributed by atoms with Gasteiger partial charge in [0, 0.05) is 0 Å². The van der Waals surface area contributed by atoms with Crippen LogP contribution in [0.4, 0.5) is 5.69 Å². The molecule has 1 amide bonds. The van der Waals surface area contributed by atoms with E-state index in [1.807, 2.05) is 19.1 Å². The molecule has 0 aliphatic carbocycles. The molecule has 0 aliphatic heterocycles. The normalized spacial score (nSPS) is 12.8. The number of hydrogen-bond acceptors (Lipinski definition) is 4. The quantitative estimate of drug-likeness (QED) is 0.723. The standard InChI is InChI=1S/C19H19Cl2NO4/c1-11-6-4-7-14(10-11)25-13(3)19(24)26-12(2)18(23)22-17-15(20)8-5-9-16(17)21/h4-10,12-13H,1-3H3,(H,22,23)/t12-,13+/m1/s1. The second-order valence-electron chi connectivity index (χ2n) is 5.74. The smallest absolute Gasteiger partial charge is 0.347 e. The lowest BCUT2D eigenvalue weighted by Crippen LogP contribution is -2.35. The summed E-state index contributed by atoms with van der Waals surface area (Å²) in [6.45, 7) is 4.93. The first kappa shape index (κ1) is 20.1. The fourth-order valence-corrected chi connectivity index (χ4v) is 2.60. The van der Waals surface area contributed by atoms with Crippen molar-refractivity contribution in [3.05, 3.63) is 58.1 Å². The summed E-state index contributed by atoms with van der Waals surface area (Å²) in [5, 5.41) is 3.14. The van der Waals surface area contributed by atoms with E-state index in [1.165, 1.54) is 6.92 Å². The average Bonchev–Trinajstić information content (AvgIpc) is 2.58. The summed E-state index contributed by atoms with van der Waals surface area (Å²) in [5.74, 6) is -0.648. The Morgan fingerprint density at radius 3 is 2.23 bits per heavy atom. The molecule has 26 heavy (non-hydrogen) atoms. The van der Waals surface area contributed by atoms with E-state index in [-0.39, 0.29) is 5.69 Å². The Labute approximate surface area is 162 Å². The van der Waals surface area contributed by atoms with E-state index >= 15 is 0 Å². The number of aryl methyl sites for hydroxylation is 1. The highest BCUT2D eigenvalue weighted by Gasteiger charge is 2.24. The van der Waals surface area contributed by atoms with Gasteiger partial charge in [0.15, 0.2) is 12.2 Å². The first-order valence-corrected chi connectivity index (χ1v) is 8.72. The van der Waals surface area contributed by atoms with E-state index in [4.69, 9.17) is 32.7 Å². The van der Waals surface area contributed by atoms with Crippen molar-refractivity contribution in [1.29, 1.82) is 0 Å². The van der Waals surface area contributed by atoms with Crippen molar-refractivity contribution >= 4 is 40.8 Å². The fraction of sp³-hybridized carbons (Fsp3) is 0.263. The third-order valence-corrected chi connectivity index (χ3v) is 4.14. The van der Waals surface area contributed by atoms with Crippen molar-refractivity contribution in [3.8, 4) is 5.75 Å². The third kappa shape index (κ3) is 5.38. The molecule has 2 atom stereocenters. The zero-order chi connectivity index (χ0) is 19.3. The Balaban J connectivity index is 1.94. The number of anilines is 1. The lowest BCUT2D eigenvalue weighted by atomic mass is 10.2. The van der Waals surface area contributed by atoms with Gasteiger partial charge in [0.05, 0.1) is 15.7 Å². The molecular formula is C19H19Cl2NO4. The van der Waals surface area contributed by atoms with E-state index in [1.54, 1.807) is 37.3 Å². The van der Waals surface area contributed by atoms with Crippen LogP contribution in [0.5, 0.6) is 5.75 Å². The predicted octanol–water partition coefficient (Wildman–Crippen LogP) is 4.64. The van der Waals surface area contributed by atoms with Crippen molar-refractivity contribution in [2.45, 2.75) is 33.0 Å². The van der Waals surface area contributed by atoms with Gasteiger partial charge in [0.1, 0.15) is 5.75 Å². The van der Waals surface area contributed by atoms with E-state index in [2.05, 4.69) is 5.32 Å². The van der Waals surface area contributed by atoms with Gasteiger partial charge in [0.2, 0.25) is 0 Å². The number of ether oxygens (including phenoxy) is 2. The van der Waals surface area contributed by atoms with Gasteiger partial charge >= 0.3 is 5.97 Å². The van der Waals surface area contributed by atoms with Gasteiger partial charge in [-0.1, -0.05) is 41.4 Å². The zero-order valence-corrected chi connectivity index (χ0v) is 16.1. The monoisotopic (exact) mass is 395 g/mol. The maximum absolute atomic E-state index is 12.2. The van der Waals surface area contributed by atoms with Gasteiger partial charge < -0.3 is 14.8 Å². The summed E-state index contributed by atoms with van der Waals surface area (Å²) in [7, 11) is 0. The maximum atomic E-state index is 12.2. The Hall–Kier alpha value is -2.24. The zero-order valence-electron chi connectivity index (χ0n) is 14.6. The molecule has 0 saturated carbocycles. The molecule has 0 radical (unpaired) electrons. The van der Waals surface area contributed by atoms with Crippen molar-refractivity contribution < 1.29 is 19.1 Å². The number of nitrogens with one attached hydrogen (secondary N) is 1. The van der Waals surface area contributed by atoms with Crippen LogP contribution in [0.1, 0.15) is 19.4 Å². The Morgan fingerprint density at radius 2 is 1.62 bits per heavy atom. The summed E-state index contributed by atoms with van der Waals surface area (Å²) in [6.07, 6.45) is -1.91. The first-order valence-electron chi connectivity index (χ1n) is 7.96. The number of halogens is 2. The molecule has 0 saturated heterocycles. The van der Waals surface area contributed by atoms with Crippen molar-refractivity contribution in [3.63, 3.8) is 0 Å². The van der Waals surface area contributed by atoms with Gasteiger partial charge in [-0.25, -0.2) is 4.79 Å². The molecule has 0 bridgehead atoms. The maximum Gasteiger partial charge on any atom is 0.347 e. The van der Waals surface area contributed by atoms with Crippen LogP contribution >= 0.6 is 23.2 Å². The number of para-hydroxylation sites is 1. The Morgan fingerprint density at radius 1 is 1.00 bits per heavy atom. The van der Waals surface area contributed by atoms with Gasteiger partial charge in [-0.05, 0) is 50.6 Å². The minimum Gasteiger partial charge on any atom is -0.479 e. The molecule has 0 aliphatic rings. The van der Waals surface area contributed by atoms with Gasteiger partial charge in [-0.2, -0.15) is 0 Å². The second kappa shape index (κ2) is 8.92. The minimum absolute atomic E-state index is 0.271. The van der Waals surface area contributed by atoms with Crippen LogP contribution in [0.15, 0.2) is 42.5 Å². The van der Waals surface area contributed by atoms with Crippen LogP contribution in [0.25, 0.3) is 0 Å². The highest BCUT2D eigenvalue weighted by Crippen LogP contribution is 2.30. The molecule has 138 valence electrons. The summed E-state index contributed by atoms with van der Waals surface area (Å²) in [5.41, 5.74) is 1.28. The molecular weight excluding hydrogens is 377 g/mol. The molecule has 0 aromatic heterocycles. The molecule has 7 heteroatoms. The number of amides is 1. The van der Waals surface area contributed by atoms with Gasteiger partial charge in [-0.3, -0.25) is 4.79 Å². The first-order chi connectivity index (χ1) is 12.3. The third-order valence-electron chi connectivity index (χ3n) is 3.51. The van der Waals surface area contributed by atoms with Crippen molar-refractivity contribution in [2.75, 3.05) is 5.32 Å². The predicted molar refractivity (Wildman–Crippen MR) is 102 cm³/mol. The lowest BCUT2D eigenvalue weighted by Gasteiger charge is -2.18. The molecule has 2 rings (SSSR count). The highest BCUT2D eigenvalue weighted by atomic mass is 35.5. The molecule has 2 aromatic rings. The van der Waals surface area contributed by atoms with Gasteiger partial charge in [-0.15, -0.1) is 0 Å². The van der Waals surface area contributed by atoms with Crippen LogP contribution in [-0.4, -0.2) is 24.1 Å². The number of rotatable bonds is 6. The summed E-state index contributed by atoms with van der Waals surface area (Å²) >= 11 is 12.0. The number of esters is 1. The summed E-state index contributed by atoms with van der Waals surface area (Å²) in [4.78, 5) is 24.4. The Kier molecular flexibility index (Phi) is 6.89. The van der Waals surface area contributed by atoms with Crippen LogP contribution in [0.2, 0.25) is 10.0 Å². The largest absolute Gasteiger partial charge is 0.479 e. The molecule has 0 spiro atoms. The molecule has 5 nitrogen and oxygen atoms in total. The lowest BCUT2D eigenvalue weighted by molar-refractivity contribution is -0.159. The summed E-state index contributed by atoms with van der Waals surface area (Å²) in [6, 6.07) is 12.1. The van der Waals surface area contributed by atoms with E-state index in [9.17, 15) is 9.59 Å². The SMILES string of the molecule is Cc1cccc(O[C@@H](C)C(=O)O[C@H](C)C(=O)Nc2c(Cl)cccc2Cl)c1. The van der Waals surface area contributed by atoms with Crippen LogP contribution in [-0.2, 0) is 14.3 Å².